The van der Waals surface area contributed by atoms with Gasteiger partial charge in [0, 0.05) is 19.1 Å². The maximum Gasteiger partial charge on any atom is 0.235 e. The van der Waals surface area contributed by atoms with Crippen LogP contribution >= 0.6 is 0 Å². The number of nitrogens with two attached hydrogens (primary N) is 1. The molecule has 0 fully saturated rings. The molecule has 3 N–H and O–H groups in total. The molecule has 1 unspecified atom stereocenters. The van der Waals surface area contributed by atoms with Crippen LogP contribution in [0.4, 0.5) is 0 Å². The molecule has 4 heteroatoms. The lowest BCUT2D eigenvalue weighted by atomic mass is 10.1. The van der Waals surface area contributed by atoms with Crippen molar-refractivity contribution in [3.8, 4) is 0 Å². The topological polar surface area (TPSA) is 58.4 Å². The van der Waals surface area contributed by atoms with Gasteiger partial charge in [-0.15, -0.1) is 0 Å². The van der Waals surface area contributed by atoms with Gasteiger partial charge in [0.1, 0.15) is 0 Å². The predicted octanol–water partition coefficient (Wildman–Crippen LogP) is 0.816. The summed E-state index contributed by atoms with van der Waals surface area (Å²) >= 11 is 0. The fourth-order valence-corrected chi connectivity index (χ4v) is 1.73. The predicted molar refractivity (Wildman–Crippen MR) is 68.2 cm³/mol. The van der Waals surface area contributed by atoms with Crippen LogP contribution in [0.2, 0.25) is 0 Å². The standard InChI is InChI=1S/C12H27N3O/c1-6-15(7-9(2)3)8-11(12(13)16)14-10(4)5/h9-11,14H,6-8H2,1-5H3,(H2,13,16). The number of amides is 1. The van der Waals surface area contributed by atoms with Crippen LogP contribution in [-0.4, -0.2) is 42.5 Å². The average Bonchev–Trinajstić information content (AvgIpc) is 2.13. The second-order valence-corrected chi connectivity index (χ2v) is 5.02. The van der Waals surface area contributed by atoms with Gasteiger partial charge >= 0.3 is 0 Å². The van der Waals surface area contributed by atoms with E-state index in [4.69, 9.17) is 5.73 Å². The van der Waals surface area contributed by atoms with Gasteiger partial charge in [0.05, 0.1) is 6.04 Å². The van der Waals surface area contributed by atoms with Crippen LogP contribution in [0.25, 0.3) is 0 Å². The van der Waals surface area contributed by atoms with E-state index in [0.717, 1.165) is 13.1 Å². The molecule has 0 bridgehead atoms. The molecule has 0 saturated carbocycles. The molecule has 0 aromatic rings. The van der Waals surface area contributed by atoms with E-state index in [2.05, 4.69) is 31.0 Å². The van der Waals surface area contributed by atoms with Crippen LogP contribution < -0.4 is 11.1 Å². The van der Waals surface area contributed by atoms with Gasteiger partial charge in [-0.25, -0.2) is 0 Å². The Hall–Kier alpha value is -0.610. The second-order valence-electron chi connectivity index (χ2n) is 5.02. The summed E-state index contributed by atoms with van der Waals surface area (Å²) in [4.78, 5) is 13.6. The van der Waals surface area contributed by atoms with Crippen LogP contribution in [-0.2, 0) is 4.79 Å². The summed E-state index contributed by atoms with van der Waals surface area (Å²) in [5.74, 6) is 0.337. The van der Waals surface area contributed by atoms with E-state index in [9.17, 15) is 4.79 Å². The SMILES string of the molecule is CCN(CC(C)C)CC(NC(C)C)C(N)=O. The largest absolute Gasteiger partial charge is 0.368 e. The Morgan fingerprint density at radius 1 is 1.25 bits per heavy atom. The minimum atomic E-state index is -0.268. The number of hydrogen-bond donors (Lipinski definition) is 2. The van der Waals surface area contributed by atoms with Crippen LogP contribution in [0, 0.1) is 5.92 Å². The van der Waals surface area contributed by atoms with Crippen molar-refractivity contribution in [3.05, 3.63) is 0 Å². The molecule has 1 atom stereocenters. The third-order valence-corrected chi connectivity index (χ3v) is 2.39. The number of carbonyl (C=O) groups excluding carboxylic acids is 1. The van der Waals surface area contributed by atoms with Crippen molar-refractivity contribution in [2.24, 2.45) is 11.7 Å². The molecule has 96 valence electrons. The van der Waals surface area contributed by atoms with Gasteiger partial charge in [-0.3, -0.25) is 4.79 Å². The Labute approximate surface area is 99.6 Å². The number of rotatable bonds is 8. The first-order valence-electron chi connectivity index (χ1n) is 6.14. The van der Waals surface area contributed by atoms with Crippen molar-refractivity contribution in [1.29, 1.82) is 0 Å². The summed E-state index contributed by atoms with van der Waals surface area (Å²) in [5.41, 5.74) is 5.39. The monoisotopic (exact) mass is 229 g/mol. The Morgan fingerprint density at radius 2 is 1.81 bits per heavy atom. The highest BCUT2D eigenvalue weighted by Crippen LogP contribution is 2.00. The summed E-state index contributed by atoms with van der Waals surface area (Å²) < 4.78 is 0. The summed E-state index contributed by atoms with van der Waals surface area (Å²) in [6.07, 6.45) is 0. The number of carbonyl (C=O) groups is 1. The molecule has 0 aliphatic heterocycles. The maximum atomic E-state index is 11.3. The van der Waals surface area contributed by atoms with Gasteiger partial charge in [-0.2, -0.15) is 0 Å². The molecule has 0 aromatic heterocycles. The highest BCUT2D eigenvalue weighted by molar-refractivity contribution is 5.80. The van der Waals surface area contributed by atoms with Gasteiger partial charge in [0.2, 0.25) is 5.91 Å². The van der Waals surface area contributed by atoms with E-state index in [1.54, 1.807) is 0 Å². The molecule has 16 heavy (non-hydrogen) atoms. The van der Waals surface area contributed by atoms with Crippen molar-refractivity contribution < 1.29 is 4.79 Å². The van der Waals surface area contributed by atoms with Crippen LogP contribution in [0.15, 0.2) is 0 Å². The molecular weight excluding hydrogens is 202 g/mol. The lowest BCUT2D eigenvalue weighted by molar-refractivity contribution is -0.120. The van der Waals surface area contributed by atoms with Gasteiger partial charge in [0.25, 0.3) is 0 Å². The summed E-state index contributed by atoms with van der Waals surface area (Å²) in [5, 5.41) is 3.20. The Bertz CT molecular complexity index is 204. The van der Waals surface area contributed by atoms with Gasteiger partial charge in [-0.1, -0.05) is 34.6 Å². The lowest BCUT2D eigenvalue weighted by Gasteiger charge is -2.27. The number of likely N-dealkylation sites (N-methyl/N-ethyl adjacent to an activating group) is 1. The van der Waals surface area contributed by atoms with Gasteiger partial charge in [-0.05, 0) is 12.5 Å². The van der Waals surface area contributed by atoms with Crippen LogP contribution in [0.5, 0.6) is 0 Å². The van der Waals surface area contributed by atoms with Crippen molar-refractivity contribution in [3.63, 3.8) is 0 Å². The molecular formula is C12H27N3O. The molecule has 0 heterocycles. The third kappa shape index (κ3) is 6.80. The molecule has 0 rings (SSSR count). The summed E-state index contributed by atoms with van der Waals surface area (Å²) in [6.45, 7) is 13.2. The van der Waals surface area contributed by atoms with Crippen LogP contribution in [0.3, 0.4) is 0 Å². The molecule has 0 aromatic carbocycles. The van der Waals surface area contributed by atoms with Crippen molar-refractivity contribution in [2.75, 3.05) is 19.6 Å². The Balaban J connectivity index is 4.28. The van der Waals surface area contributed by atoms with Gasteiger partial charge < -0.3 is 16.0 Å². The highest BCUT2D eigenvalue weighted by Gasteiger charge is 2.19. The molecule has 0 spiro atoms. The van der Waals surface area contributed by atoms with Crippen LogP contribution in [0.1, 0.15) is 34.6 Å². The molecule has 0 aliphatic rings. The molecule has 4 nitrogen and oxygen atoms in total. The first kappa shape index (κ1) is 15.4. The molecule has 0 radical (unpaired) electrons. The van der Waals surface area contributed by atoms with Crippen molar-refractivity contribution in [1.82, 2.24) is 10.2 Å². The minimum absolute atomic E-state index is 0.251. The fourth-order valence-electron chi connectivity index (χ4n) is 1.73. The second kappa shape index (κ2) is 7.63. The smallest absolute Gasteiger partial charge is 0.235 e. The lowest BCUT2D eigenvalue weighted by Crippen LogP contribution is -2.51. The van der Waals surface area contributed by atoms with E-state index in [1.807, 2.05) is 13.8 Å². The van der Waals surface area contributed by atoms with Crippen molar-refractivity contribution >= 4 is 5.91 Å². The zero-order chi connectivity index (χ0) is 12.7. The van der Waals surface area contributed by atoms with E-state index in [0.29, 0.717) is 12.5 Å². The first-order valence-corrected chi connectivity index (χ1v) is 6.14. The summed E-state index contributed by atoms with van der Waals surface area (Å²) in [7, 11) is 0. The highest BCUT2D eigenvalue weighted by atomic mass is 16.1. The zero-order valence-electron chi connectivity index (χ0n) is 11.3. The Morgan fingerprint density at radius 3 is 2.12 bits per heavy atom. The minimum Gasteiger partial charge on any atom is -0.368 e. The zero-order valence-corrected chi connectivity index (χ0v) is 11.3. The van der Waals surface area contributed by atoms with E-state index < -0.39 is 0 Å². The Kier molecular flexibility index (Phi) is 7.34. The normalized spacial score (nSPS) is 13.8. The van der Waals surface area contributed by atoms with Gasteiger partial charge in [0.15, 0.2) is 0 Å². The third-order valence-electron chi connectivity index (χ3n) is 2.39. The van der Waals surface area contributed by atoms with E-state index >= 15 is 0 Å². The average molecular weight is 229 g/mol. The molecule has 1 amide bonds. The number of primary amides is 1. The quantitative estimate of drug-likeness (QED) is 0.648. The first-order chi connectivity index (χ1) is 7.36. The van der Waals surface area contributed by atoms with Crippen molar-refractivity contribution in [2.45, 2.75) is 46.7 Å². The summed E-state index contributed by atoms with van der Waals surface area (Å²) in [6, 6.07) is 0.0222. The number of nitrogens with zero attached hydrogens (tertiary/aromatic N) is 1. The maximum absolute atomic E-state index is 11.3. The molecule has 0 saturated heterocycles. The molecule has 0 aliphatic carbocycles. The van der Waals surface area contributed by atoms with E-state index in [-0.39, 0.29) is 18.0 Å². The fraction of sp³-hybridized carbons (Fsp3) is 0.917. The van der Waals surface area contributed by atoms with E-state index in [1.165, 1.54) is 0 Å². The number of nitrogens with one attached hydrogen (secondary N) is 1. The number of hydrogen-bond acceptors (Lipinski definition) is 3.